The summed E-state index contributed by atoms with van der Waals surface area (Å²) in [6, 6.07) is 0. The summed E-state index contributed by atoms with van der Waals surface area (Å²) < 4.78 is 0. The summed E-state index contributed by atoms with van der Waals surface area (Å²) in [6.45, 7) is 1.71. The number of nitrogens with zero attached hydrogens (tertiary/aromatic N) is 1. The van der Waals surface area contributed by atoms with Crippen molar-refractivity contribution in [2.75, 3.05) is 7.11 Å². The molecule has 0 N–H and O–H groups in total. The van der Waals surface area contributed by atoms with Crippen molar-refractivity contribution in [2.45, 2.75) is 12.4 Å². The van der Waals surface area contributed by atoms with E-state index in [1.54, 1.807) is 13.0 Å². The van der Waals surface area contributed by atoms with Crippen LogP contribution in [-0.4, -0.2) is 23.6 Å². The van der Waals surface area contributed by atoms with Gasteiger partial charge < -0.3 is 0 Å². The predicted molar refractivity (Wildman–Crippen MR) is 37.3 cm³/mol. The summed E-state index contributed by atoms with van der Waals surface area (Å²) >= 11 is 5.67. The molecule has 10 heavy (non-hydrogen) atoms. The molecular formula is C6H8ClNO2. The number of hydroxylamine groups is 2. The highest BCUT2D eigenvalue weighted by atomic mass is 35.5. The fraction of sp³-hybridized carbons (Fsp3) is 0.500. The molecule has 1 aliphatic heterocycles. The number of carbonyl (C=O) groups excluding carboxylic acids is 1. The Morgan fingerprint density at radius 3 is 2.60 bits per heavy atom. The van der Waals surface area contributed by atoms with Gasteiger partial charge in [0, 0.05) is 5.57 Å². The van der Waals surface area contributed by atoms with Crippen LogP contribution < -0.4 is 0 Å². The van der Waals surface area contributed by atoms with Gasteiger partial charge in [-0.3, -0.25) is 9.63 Å². The van der Waals surface area contributed by atoms with Gasteiger partial charge in [-0.25, -0.2) is 0 Å². The van der Waals surface area contributed by atoms with Crippen molar-refractivity contribution in [3.8, 4) is 0 Å². The first-order valence-corrected chi connectivity index (χ1v) is 3.30. The highest BCUT2D eigenvalue weighted by Crippen LogP contribution is 2.19. The maximum absolute atomic E-state index is 11.0. The van der Waals surface area contributed by atoms with Crippen molar-refractivity contribution in [3.63, 3.8) is 0 Å². The number of rotatable bonds is 1. The topological polar surface area (TPSA) is 29.5 Å². The van der Waals surface area contributed by atoms with Crippen molar-refractivity contribution < 1.29 is 9.63 Å². The SMILES string of the molecule is CON1C(=O)C(C)=CC1Cl. The Morgan fingerprint density at radius 1 is 1.80 bits per heavy atom. The van der Waals surface area contributed by atoms with E-state index >= 15 is 0 Å². The van der Waals surface area contributed by atoms with Crippen LogP contribution in [0.1, 0.15) is 6.92 Å². The van der Waals surface area contributed by atoms with Crippen LogP contribution in [0.15, 0.2) is 11.6 Å². The molecule has 56 valence electrons. The van der Waals surface area contributed by atoms with E-state index in [4.69, 9.17) is 16.4 Å². The monoisotopic (exact) mass is 161 g/mol. The zero-order valence-corrected chi connectivity index (χ0v) is 6.55. The average molecular weight is 162 g/mol. The molecule has 4 heteroatoms. The van der Waals surface area contributed by atoms with E-state index in [9.17, 15) is 4.79 Å². The largest absolute Gasteiger partial charge is 0.274 e. The number of amides is 1. The Hall–Kier alpha value is -0.540. The highest BCUT2D eigenvalue weighted by Gasteiger charge is 2.28. The third-order valence-corrected chi connectivity index (χ3v) is 1.65. The van der Waals surface area contributed by atoms with Crippen molar-refractivity contribution in [2.24, 2.45) is 0 Å². The molecule has 1 unspecified atom stereocenters. The Morgan fingerprint density at radius 2 is 2.40 bits per heavy atom. The van der Waals surface area contributed by atoms with Crippen LogP contribution in [0.2, 0.25) is 0 Å². The summed E-state index contributed by atoms with van der Waals surface area (Å²) in [5.74, 6) is -0.164. The fourth-order valence-corrected chi connectivity index (χ4v) is 1.17. The lowest BCUT2D eigenvalue weighted by atomic mass is 10.3. The van der Waals surface area contributed by atoms with Crippen molar-refractivity contribution in [1.82, 2.24) is 5.06 Å². The number of halogens is 1. The summed E-state index contributed by atoms with van der Waals surface area (Å²) in [5.41, 5.74) is 0.180. The maximum Gasteiger partial charge on any atom is 0.274 e. The van der Waals surface area contributed by atoms with Gasteiger partial charge in [-0.1, -0.05) is 11.6 Å². The minimum absolute atomic E-state index is 0.164. The fourth-order valence-electron chi connectivity index (χ4n) is 0.815. The number of alkyl halides is 1. The van der Waals surface area contributed by atoms with Gasteiger partial charge in [0.05, 0.1) is 7.11 Å². The summed E-state index contributed by atoms with van der Waals surface area (Å²) in [4.78, 5) is 15.7. The Balaban J connectivity index is 2.76. The van der Waals surface area contributed by atoms with Gasteiger partial charge in [-0.05, 0) is 13.0 Å². The number of carbonyl (C=O) groups is 1. The van der Waals surface area contributed by atoms with E-state index in [1.807, 2.05) is 0 Å². The molecule has 1 amide bonds. The molecule has 0 saturated carbocycles. The Bertz CT molecular complexity index is 190. The van der Waals surface area contributed by atoms with Gasteiger partial charge in [0.2, 0.25) is 0 Å². The molecule has 1 atom stereocenters. The van der Waals surface area contributed by atoms with Gasteiger partial charge in [-0.2, -0.15) is 5.06 Å². The first-order valence-electron chi connectivity index (χ1n) is 2.87. The standard InChI is InChI=1S/C6H8ClNO2/c1-4-3-5(7)8(10-2)6(4)9/h3,5H,1-2H3. The smallest absolute Gasteiger partial charge is 0.272 e. The van der Waals surface area contributed by atoms with E-state index in [0.29, 0.717) is 5.57 Å². The molecule has 0 fully saturated rings. The van der Waals surface area contributed by atoms with Crippen LogP contribution in [0, 0.1) is 0 Å². The molecule has 0 aliphatic carbocycles. The summed E-state index contributed by atoms with van der Waals surface area (Å²) in [5, 5.41) is 1.12. The number of hydrogen-bond donors (Lipinski definition) is 0. The molecular weight excluding hydrogens is 154 g/mol. The molecule has 1 rings (SSSR count). The first-order chi connectivity index (χ1) is 4.66. The quantitative estimate of drug-likeness (QED) is 0.423. The zero-order valence-electron chi connectivity index (χ0n) is 5.80. The molecule has 0 aromatic heterocycles. The van der Waals surface area contributed by atoms with Crippen molar-refractivity contribution in [3.05, 3.63) is 11.6 Å². The van der Waals surface area contributed by atoms with Gasteiger partial charge in [0.25, 0.3) is 5.91 Å². The van der Waals surface area contributed by atoms with Gasteiger partial charge >= 0.3 is 0 Å². The molecule has 1 heterocycles. The molecule has 0 radical (unpaired) electrons. The van der Waals surface area contributed by atoms with Crippen molar-refractivity contribution in [1.29, 1.82) is 0 Å². The van der Waals surface area contributed by atoms with Crippen LogP contribution in [0.4, 0.5) is 0 Å². The molecule has 0 aromatic carbocycles. The Labute approximate surface area is 64.2 Å². The van der Waals surface area contributed by atoms with Crippen molar-refractivity contribution >= 4 is 17.5 Å². The lowest BCUT2D eigenvalue weighted by Crippen LogP contribution is -2.29. The minimum atomic E-state index is -0.447. The van der Waals surface area contributed by atoms with Crippen LogP contribution in [-0.2, 0) is 9.63 Å². The van der Waals surface area contributed by atoms with Gasteiger partial charge in [0.1, 0.15) is 0 Å². The van der Waals surface area contributed by atoms with E-state index in [2.05, 4.69) is 0 Å². The molecule has 1 aliphatic rings. The van der Waals surface area contributed by atoms with E-state index < -0.39 is 5.50 Å². The van der Waals surface area contributed by atoms with Crippen LogP contribution in [0.3, 0.4) is 0 Å². The van der Waals surface area contributed by atoms with E-state index in [0.717, 1.165) is 5.06 Å². The van der Waals surface area contributed by atoms with Gasteiger partial charge in [-0.15, -0.1) is 0 Å². The molecule has 0 bridgehead atoms. The lowest BCUT2D eigenvalue weighted by molar-refractivity contribution is -0.168. The predicted octanol–water partition coefficient (Wildman–Crippen LogP) is 0.901. The average Bonchev–Trinajstić information content (AvgIpc) is 2.09. The highest BCUT2D eigenvalue weighted by molar-refractivity contribution is 6.24. The van der Waals surface area contributed by atoms with Crippen LogP contribution in [0.25, 0.3) is 0 Å². The molecule has 0 spiro atoms. The third-order valence-electron chi connectivity index (χ3n) is 1.35. The van der Waals surface area contributed by atoms with E-state index in [1.165, 1.54) is 7.11 Å². The summed E-state index contributed by atoms with van der Waals surface area (Å²) in [7, 11) is 1.42. The van der Waals surface area contributed by atoms with Crippen LogP contribution in [0.5, 0.6) is 0 Å². The van der Waals surface area contributed by atoms with Crippen LogP contribution >= 0.6 is 11.6 Å². The normalized spacial score (nSPS) is 25.5. The maximum atomic E-state index is 11.0. The van der Waals surface area contributed by atoms with E-state index in [-0.39, 0.29) is 5.91 Å². The van der Waals surface area contributed by atoms with Gasteiger partial charge in [0.15, 0.2) is 5.50 Å². The molecule has 0 saturated heterocycles. The second kappa shape index (κ2) is 2.60. The third kappa shape index (κ3) is 1.02. The lowest BCUT2D eigenvalue weighted by Gasteiger charge is -2.15. The summed E-state index contributed by atoms with van der Waals surface area (Å²) in [6.07, 6.45) is 1.65. The minimum Gasteiger partial charge on any atom is -0.272 e. The second-order valence-corrected chi connectivity index (χ2v) is 2.48. The number of hydrogen-bond acceptors (Lipinski definition) is 2. The zero-order chi connectivity index (χ0) is 7.72. The second-order valence-electron chi connectivity index (χ2n) is 2.04. The first kappa shape index (κ1) is 7.57. The Kier molecular flexibility index (Phi) is 1.97. The molecule has 0 aromatic rings. The molecule has 3 nitrogen and oxygen atoms in total.